The summed E-state index contributed by atoms with van der Waals surface area (Å²) in [6.45, 7) is 3.91. The van der Waals surface area contributed by atoms with Gasteiger partial charge in [-0.3, -0.25) is 9.59 Å². The maximum absolute atomic E-state index is 13.4. The van der Waals surface area contributed by atoms with Gasteiger partial charge in [0.25, 0.3) is 11.8 Å². The van der Waals surface area contributed by atoms with Crippen LogP contribution >= 0.6 is 23.4 Å². The summed E-state index contributed by atoms with van der Waals surface area (Å²) < 4.78 is 0. The van der Waals surface area contributed by atoms with Gasteiger partial charge in [0.05, 0.1) is 16.2 Å². The Hall–Kier alpha value is -2.82. The van der Waals surface area contributed by atoms with Gasteiger partial charge in [0.15, 0.2) is 0 Å². The minimum Gasteiger partial charge on any atom is -0.268 e. The van der Waals surface area contributed by atoms with Crippen LogP contribution in [-0.2, 0) is 9.59 Å². The smallest absolute Gasteiger partial charge is 0.268 e. The molecule has 0 N–H and O–H groups in total. The molecule has 0 fully saturated rings. The largest absolute Gasteiger partial charge is 0.272 e. The highest BCUT2D eigenvalue weighted by Gasteiger charge is 2.40. The highest BCUT2D eigenvalue weighted by Crippen LogP contribution is 2.41. The molecule has 0 saturated heterocycles. The van der Waals surface area contributed by atoms with Crippen molar-refractivity contribution in [1.82, 2.24) is 0 Å². The summed E-state index contributed by atoms with van der Waals surface area (Å²) in [6, 6.07) is 22.3. The molecular weight excluding hydrogens is 402 g/mol. The summed E-state index contributed by atoms with van der Waals surface area (Å²) in [7, 11) is 0. The predicted molar refractivity (Wildman–Crippen MR) is 119 cm³/mol. The van der Waals surface area contributed by atoms with Crippen LogP contribution in [0, 0.1) is 13.8 Å². The summed E-state index contributed by atoms with van der Waals surface area (Å²) >= 11 is 7.28. The normalized spacial score (nSPS) is 14.1. The number of thioether (sulfide) groups is 1. The number of halogens is 1. The van der Waals surface area contributed by atoms with Crippen molar-refractivity contribution in [2.75, 3.05) is 4.90 Å². The van der Waals surface area contributed by atoms with Crippen molar-refractivity contribution >= 4 is 46.4 Å². The van der Waals surface area contributed by atoms with E-state index in [4.69, 9.17) is 11.6 Å². The van der Waals surface area contributed by atoms with E-state index in [2.05, 4.69) is 0 Å². The first-order valence-corrected chi connectivity index (χ1v) is 10.3. The van der Waals surface area contributed by atoms with E-state index in [9.17, 15) is 9.59 Å². The third-order valence-corrected chi connectivity index (χ3v) is 5.94. The van der Waals surface area contributed by atoms with E-state index in [1.54, 1.807) is 12.1 Å². The van der Waals surface area contributed by atoms with E-state index in [0.29, 0.717) is 21.2 Å². The fraction of sp³-hybridized carbons (Fsp3) is 0.0833. The van der Waals surface area contributed by atoms with E-state index in [-0.39, 0.29) is 11.8 Å². The van der Waals surface area contributed by atoms with Crippen LogP contribution in [0.15, 0.2) is 82.6 Å². The molecule has 1 aliphatic heterocycles. The standard InChI is InChI=1S/C24H18ClNO2S/c1-15-12-16(2)14-19(13-15)26-23(27)21(17-6-4-3-5-7-17)22(24(26)28)29-20-10-8-18(25)9-11-20/h3-14H,1-2H3. The Balaban J connectivity index is 1.82. The average Bonchev–Trinajstić information content (AvgIpc) is 2.93. The second-order valence-electron chi connectivity index (χ2n) is 6.92. The van der Waals surface area contributed by atoms with Gasteiger partial charge in [-0.25, -0.2) is 4.90 Å². The third-order valence-electron chi connectivity index (χ3n) is 4.60. The molecule has 1 heterocycles. The fourth-order valence-electron chi connectivity index (χ4n) is 3.40. The first-order valence-electron chi connectivity index (χ1n) is 9.14. The Morgan fingerprint density at radius 2 is 1.41 bits per heavy atom. The van der Waals surface area contributed by atoms with Gasteiger partial charge in [-0.15, -0.1) is 0 Å². The Bertz CT molecular complexity index is 1120. The summed E-state index contributed by atoms with van der Waals surface area (Å²) in [4.78, 5) is 29.3. The minimum absolute atomic E-state index is 0.303. The molecule has 0 unspecified atom stereocenters. The SMILES string of the molecule is Cc1cc(C)cc(N2C(=O)C(Sc3ccc(Cl)cc3)=C(c3ccccc3)C2=O)c1. The molecule has 0 saturated carbocycles. The molecule has 3 aromatic carbocycles. The highest BCUT2D eigenvalue weighted by atomic mass is 35.5. The minimum atomic E-state index is -0.307. The van der Waals surface area contributed by atoms with Crippen molar-refractivity contribution in [2.45, 2.75) is 18.7 Å². The fourth-order valence-corrected chi connectivity index (χ4v) is 4.52. The van der Waals surface area contributed by atoms with Gasteiger partial charge in [-0.05, 0) is 66.9 Å². The first kappa shape index (κ1) is 19.5. The van der Waals surface area contributed by atoms with Crippen molar-refractivity contribution in [1.29, 1.82) is 0 Å². The molecular formula is C24H18ClNO2S. The monoisotopic (exact) mass is 419 g/mol. The summed E-state index contributed by atoms with van der Waals surface area (Å²) in [6.07, 6.45) is 0. The van der Waals surface area contributed by atoms with Gasteiger partial charge in [-0.1, -0.05) is 59.8 Å². The molecule has 5 heteroatoms. The quantitative estimate of drug-likeness (QED) is 0.484. The highest BCUT2D eigenvalue weighted by molar-refractivity contribution is 8.04. The van der Waals surface area contributed by atoms with Crippen molar-refractivity contribution in [3.8, 4) is 0 Å². The lowest BCUT2D eigenvalue weighted by molar-refractivity contribution is -0.119. The van der Waals surface area contributed by atoms with Gasteiger partial charge >= 0.3 is 0 Å². The molecule has 0 radical (unpaired) electrons. The predicted octanol–water partition coefficient (Wildman–Crippen LogP) is 6.03. The number of rotatable bonds is 4. The van der Waals surface area contributed by atoms with Crippen LogP contribution in [0.2, 0.25) is 5.02 Å². The van der Waals surface area contributed by atoms with Crippen molar-refractivity contribution in [3.05, 3.63) is 99.4 Å². The zero-order valence-electron chi connectivity index (χ0n) is 16.0. The maximum atomic E-state index is 13.4. The van der Waals surface area contributed by atoms with Crippen LogP contribution in [0.4, 0.5) is 5.69 Å². The van der Waals surface area contributed by atoms with E-state index in [1.165, 1.54) is 16.7 Å². The molecule has 0 atom stereocenters. The number of carbonyl (C=O) groups is 2. The maximum Gasteiger partial charge on any atom is 0.272 e. The van der Waals surface area contributed by atoms with Crippen LogP contribution < -0.4 is 4.90 Å². The molecule has 3 nitrogen and oxygen atoms in total. The van der Waals surface area contributed by atoms with Crippen LogP contribution in [0.5, 0.6) is 0 Å². The Kier molecular flexibility index (Phi) is 5.31. The lowest BCUT2D eigenvalue weighted by Crippen LogP contribution is -2.31. The van der Waals surface area contributed by atoms with E-state index in [1.807, 2.05) is 74.5 Å². The van der Waals surface area contributed by atoms with Gasteiger partial charge in [0.1, 0.15) is 0 Å². The Labute approximate surface area is 179 Å². The van der Waals surface area contributed by atoms with Crippen molar-refractivity contribution < 1.29 is 9.59 Å². The number of nitrogens with zero attached hydrogens (tertiary/aromatic N) is 1. The molecule has 0 aromatic heterocycles. The summed E-state index contributed by atoms with van der Waals surface area (Å²) in [5, 5.41) is 0.622. The number of anilines is 1. The van der Waals surface area contributed by atoms with Gasteiger partial charge in [-0.2, -0.15) is 0 Å². The molecule has 29 heavy (non-hydrogen) atoms. The van der Waals surface area contributed by atoms with Crippen LogP contribution in [0.1, 0.15) is 16.7 Å². The molecule has 0 bridgehead atoms. The van der Waals surface area contributed by atoms with E-state index < -0.39 is 0 Å². The van der Waals surface area contributed by atoms with Crippen LogP contribution in [0.25, 0.3) is 5.57 Å². The zero-order valence-corrected chi connectivity index (χ0v) is 17.6. The van der Waals surface area contributed by atoms with Gasteiger partial charge < -0.3 is 0 Å². The van der Waals surface area contributed by atoms with Crippen LogP contribution in [-0.4, -0.2) is 11.8 Å². The molecule has 0 spiro atoms. The van der Waals surface area contributed by atoms with Crippen molar-refractivity contribution in [2.24, 2.45) is 0 Å². The van der Waals surface area contributed by atoms with Crippen molar-refractivity contribution in [3.63, 3.8) is 0 Å². The molecule has 144 valence electrons. The number of hydrogen-bond donors (Lipinski definition) is 0. The number of benzene rings is 3. The van der Waals surface area contributed by atoms with Gasteiger partial charge in [0.2, 0.25) is 0 Å². The van der Waals surface area contributed by atoms with E-state index >= 15 is 0 Å². The number of aryl methyl sites for hydroxylation is 2. The molecule has 1 aliphatic rings. The molecule has 0 aliphatic carbocycles. The van der Waals surface area contributed by atoms with Crippen LogP contribution in [0.3, 0.4) is 0 Å². The second-order valence-corrected chi connectivity index (χ2v) is 8.44. The molecule has 3 aromatic rings. The summed E-state index contributed by atoms with van der Waals surface area (Å²) in [5.41, 5.74) is 3.75. The Morgan fingerprint density at radius 3 is 2.03 bits per heavy atom. The summed E-state index contributed by atoms with van der Waals surface area (Å²) in [5.74, 6) is -0.610. The third kappa shape index (κ3) is 3.86. The first-order chi connectivity index (χ1) is 13.9. The second kappa shape index (κ2) is 7.90. The molecule has 2 amide bonds. The number of hydrogen-bond acceptors (Lipinski definition) is 3. The lowest BCUT2D eigenvalue weighted by Gasteiger charge is -2.16. The molecule has 4 rings (SSSR count). The lowest BCUT2D eigenvalue weighted by atomic mass is 10.1. The van der Waals surface area contributed by atoms with Gasteiger partial charge in [0, 0.05) is 9.92 Å². The zero-order chi connectivity index (χ0) is 20.5. The number of imide groups is 1. The Morgan fingerprint density at radius 1 is 0.793 bits per heavy atom. The average molecular weight is 420 g/mol. The number of amides is 2. The van der Waals surface area contributed by atoms with E-state index in [0.717, 1.165) is 21.6 Å². The number of carbonyl (C=O) groups excluding carboxylic acids is 2. The topological polar surface area (TPSA) is 37.4 Å².